The predicted octanol–water partition coefficient (Wildman–Crippen LogP) is 2.58. The van der Waals surface area contributed by atoms with E-state index in [-0.39, 0.29) is 23.9 Å². The number of nitrogens with one attached hydrogen (secondary N) is 1. The number of fused-ring (bicyclic) bond motifs is 1. The first-order chi connectivity index (χ1) is 12.0. The first kappa shape index (κ1) is 16.8. The summed E-state index contributed by atoms with van der Waals surface area (Å²) in [5.41, 5.74) is 1.89. The number of hydrogen-bond acceptors (Lipinski definition) is 4. The molecular weight excluding hydrogens is 322 g/mol. The van der Waals surface area contributed by atoms with Gasteiger partial charge in [-0.1, -0.05) is 18.2 Å². The van der Waals surface area contributed by atoms with Gasteiger partial charge in [0.2, 0.25) is 5.91 Å². The van der Waals surface area contributed by atoms with Crippen molar-refractivity contribution in [1.82, 2.24) is 5.32 Å². The zero-order valence-electron chi connectivity index (χ0n) is 13.8. The molecule has 1 atom stereocenters. The molecule has 0 aliphatic carbocycles. The average Bonchev–Trinajstić information content (AvgIpc) is 2.61. The third kappa shape index (κ3) is 4.09. The van der Waals surface area contributed by atoms with E-state index in [2.05, 4.69) is 5.32 Å². The second kappa shape index (κ2) is 7.25. The summed E-state index contributed by atoms with van der Waals surface area (Å²) in [4.78, 5) is 23.1. The van der Waals surface area contributed by atoms with E-state index < -0.39 is 5.97 Å². The summed E-state index contributed by atoms with van der Waals surface area (Å²) < 4.78 is 11.1. The first-order valence-corrected chi connectivity index (χ1v) is 8.04. The lowest BCUT2D eigenvalue weighted by molar-refractivity contribution is -0.121. The molecule has 130 valence electrons. The summed E-state index contributed by atoms with van der Waals surface area (Å²) >= 11 is 0. The molecule has 1 aliphatic heterocycles. The van der Waals surface area contributed by atoms with E-state index >= 15 is 0 Å². The van der Waals surface area contributed by atoms with Crippen molar-refractivity contribution in [2.24, 2.45) is 0 Å². The Morgan fingerprint density at radius 3 is 2.44 bits per heavy atom. The van der Waals surface area contributed by atoms with Gasteiger partial charge in [-0.3, -0.25) is 4.79 Å². The molecule has 1 amide bonds. The Kier molecular flexibility index (Phi) is 4.88. The van der Waals surface area contributed by atoms with Crippen molar-refractivity contribution < 1.29 is 24.2 Å². The fourth-order valence-corrected chi connectivity index (χ4v) is 2.66. The van der Waals surface area contributed by atoms with Crippen molar-refractivity contribution in [3.8, 4) is 11.5 Å². The molecule has 2 N–H and O–H groups in total. The molecule has 0 saturated carbocycles. The molecule has 6 nitrogen and oxygen atoms in total. The smallest absolute Gasteiger partial charge is 0.335 e. The van der Waals surface area contributed by atoms with Gasteiger partial charge in [0.25, 0.3) is 0 Å². The van der Waals surface area contributed by atoms with Crippen LogP contribution in [0.4, 0.5) is 0 Å². The third-order valence-electron chi connectivity index (χ3n) is 4.01. The number of carbonyl (C=O) groups is 2. The van der Waals surface area contributed by atoms with Gasteiger partial charge in [0.1, 0.15) is 13.2 Å². The molecule has 1 heterocycles. The van der Waals surface area contributed by atoms with Gasteiger partial charge in [0.15, 0.2) is 11.5 Å². The zero-order valence-corrected chi connectivity index (χ0v) is 13.8. The standard InChI is InChI=1S/C19H19NO5/c1-12(15-6-7-16-17(11-15)25-9-8-24-16)20-18(21)10-13-2-4-14(5-3-13)19(22)23/h2-7,11-12H,8-10H2,1H3,(H,20,21)(H,22,23). The highest BCUT2D eigenvalue weighted by Crippen LogP contribution is 2.32. The van der Waals surface area contributed by atoms with Crippen molar-refractivity contribution in [3.05, 3.63) is 59.2 Å². The summed E-state index contributed by atoms with van der Waals surface area (Å²) in [5.74, 6) is 0.287. The van der Waals surface area contributed by atoms with E-state index in [0.717, 1.165) is 11.1 Å². The number of carboxylic acids is 1. The van der Waals surface area contributed by atoms with E-state index in [0.29, 0.717) is 24.7 Å². The molecule has 0 saturated heterocycles. The molecule has 3 rings (SSSR count). The second-order valence-electron chi connectivity index (χ2n) is 5.87. The van der Waals surface area contributed by atoms with E-state index in [4.69, 9.17) is 14.6 Å². The maximum Gasteiger partial charge on any atom is 0.335 e. The fraction of sp³-hybridized carbons (Fsp3) is 0.263. The molecule has 0 bridgehead atoms. The molecule has 1 aliphatic rings. The molecule has 0 spiro atoms. The van der Waals surface area contributed by atoms with E-state index in [1.807, 2.05) is 25.1 Å². The van der Waals surface area contributed by atoms with E-state index in [1.165, 1.54) is 12.1 Å². The minimum Gasteiger partial charge on any atom is -0.486 e. The van der Waals surface area contributed by atoms with Crippen LogP contribution < -0.4 is 14.8 Å². The predicted molar refractivity (Wildman–Crippen MR) is 91.1 cm³/mol. The number of hydrogen-bond donors (Lipinski definition) is 2. The number of carbonyl (C=O) groups excluding carboxylic acids is 1. The first-order valence-electron chi connectivity index (χ1n) is 8.04. The van der Waals surface area contributed by atoms with Gasteiger partial charge >= 0.3 is 5.97 Å². The zero-order chi connectivity index (χ0) is 17.8. The Balaban J connectivity index is 1.61. The summed E-state index contributed by atoms with van der Waals surface area (Å²) in [5, 5.41) is 11.8. The van der Waals surface area contributed by atoms with Crippen molar-refractivity contribution in [3.63, 3.8) is 0 Å². The van der Waals surface area contributed by atoms with Crippen LogP contribution >= 0.6 is 0 Å². The summed E-state index contributed by atoms with van der Waals surface area (Å²) in [6.45, 7) is 2.96. The van der Waals surface area contributed by atoms with Gasteiger partial charge in [-0.25, -0.2) is 4.79 Å². The molecule has 2 aromatic rings. The van der Waals surface area contributed by atoms with Crippen molar-refractivity contribution in [2.45, 2.75) is 19.4 Å². The molecule has 0 radical (unpaired) electrons. The molecule has 25 heavy (non-hydrogen) atoms. The Morgan fingerprint density at radius 2 is 1.76 bits per heavy atom. The fourth-order valence-electron chi connectivity index (χ4n) is 2.66. The molecular formula is C19H19NO5. The molecule has 6 heteroatoms. The van der Waals surface area contributed by atoms with Crippen LogP contribution in [0.15, 0.2) is 42.5 Å². The molecule has 1 unspecified atom stereocenters. The lowest BCUT2D eigenvalue weighted by Gasteiger charge is -2.21. The average molecular weight is 341 g/mol. The number of carboxylic acid groups (broad SMARTS) is 1. The van der Waals surface area contributed by atoms with Gasteiger partial charge < -0.3 is 19.9 Å². The van der Waals surface area contributed by atoms with Crippen molar-refractivity contribution in [2.75, 3.05) is 13.2 Å². The number of amides is 1. The van der Waals surface area contributed by atoms with Crippen LogP contribution in [0.3, 0.4) is 0 Å². The maximum absolute atomic E-state index is 12.2. The molecule has 0 aromatic heterocycles. The number of aromatic carboxylic acids is 1. The SMILES string of the molecule is CC(NC(=O)Cc1ccc(C(=O)O)cc1)c1ccc2c(c1)OCCO2. The van der Waals surface area contributed by atoms with Gasteiger partial charge in [0.05, 0.1) is 18.0 Å². The van der Waals surface area contributed by atoms with Crippen LogP contribution in [0.5, 0.6) is 11.5 Å². The Hall–Kier alpha value is -3.02. The van der Waals surface area contributed by atoms with Crippen LogP contribution in [0, 0.1) is 0 Å². The minimum atomic E-state index is -0.983. The number of benzene rings is 2. The van der Waals surface area contributed by atoms with Gasteiger partial charge in [-0.05, 0) is 42.3 Å². The Labute approximate surface area is 145 Å². The summed E-state index contributed by atoms with van der Waals surface area (Å²) in [7, 11) is 0. The number of ether oxygens (including phenoxy) is 2. The van der Waals surface area contributed by atoms with Crippen LogP contribution in [0.1, 0.15) is 34.5 Å². The van der Waals surface area contributed by atoms with E-state index in [9.17, 15) is 9.59 Å². The van der Waals surface area contributed by atoms with Gasteiger partial charge in [0, 0.05) is 0 Å². The second-order valence-corrected chi connectivity index (χ2v) is 5.87. The van der Waals surface area contributed by atoms with Crippen molar-refractivity contribution >= 4 is 11.9 Å². The minimum absolute atomic E-state index is 0.134. The lowest BCUT2D eigenvalue weighted by Crippen LogP contribution is -2.28. The quantitative estimate of drug-likeness (QED) is 0.873. The van der Waals surface area contributed by atoms with E-state index in [1.54, 1.807) is 12.1 Å². The van der Waals surface area contributed by atoms with Crippen LogP contribution in [0.25, 0.3) is 0 Å². The molecule has 0 fully saturated rings. The van der Waals surface area contributed by atoms with Crippen molar-refractivity contribution in [1.29, 1.82) is 0 Å². The maximum atomic E-state index is 12.2. The topological polar surface area (TPSA) is 84.9 Å². The number of rotatable bonds is 5. The molecule has 2 aromatic carbocycles. The summed E-state index contributed by atoms with van der Waals surface area (Å²) in [6.07, 6.45) is 0.189. The highest BCUT2D eigenvalue weighted by Gasteiger charge is 2.16. The van der Waals surface area contributed by atoms with Crippen LogP contribution in [-0.4, -0.2) is 30.2 Å². The van der Waals surface area contributed by atoms with Gasteiger partial charge in [-0.2, -0.15) is 0 Å². The van der Waals surface area contributed by atoms with Crippen LogP contribution in [0.2, 0.25) is 0 Å². The van der Waals surface area contributed by atoms with Gasteiger partial charge in [-0.15, -0.1) is 0 Å². The Bertz CT molecular complexity index is 785. The third-order valence-corrected chi connectivity index (χ3v) is 4.01. The highest BCUT2D eigenvalue weighted by atomic mass is 16.6. The Morgan fingerprint density at radius 1 is 1.08 bits per heavy atom. The monoisotopic (exact) mass is 341 g/mol. The largest absolute Gasteiger partial charge is 0.486 e. The normalized spacial score (nSPS) is 13.8. The lowest BCUT2D eigenvalue weighted by atomic mass is 10.1. The van der Waals surface area contributed by atoms with Crippen LogP contribution in [-0.2, 0) is 11.2 Å². The highest BCUT2D eigenvalue weighted by molar-refractivity contribution is 5.87. The summed E-state index contributed by atoms with van der Waals surface area (Å²) in [6, 6.07) is 11.7.